The second-order valence-electron chi connectivity index (χ2n) is 5.93. The molecule has 0 aliphatic carbocycles. The highest BCUT2D eigenvalue weighted by Crippen LogP contribution is 2.27. The highest BCUT2D eigenvalue weighted by Gasteiger charge is 2.34. The maximum Gasteiger partial charge on any atom is 0.0766 e. The molecule has 0 aliphatic rings. The third kappa shape index (κ3) is 3.86. The first-order valence-corrected chi connectivity index (χ1v) is 8.54. The first-order chi connectivity index (χ1) is 9.83. The quantitative estimate of drug-likeness (QED) is 0.551. The molecule has 0 amide bonds. The predicted molar refractivity (Wildman–Crippen MR) is 92.1 cm³/mol. The number of nitrogens with two attached hydrogens (primary N) is 1. The van der Waals surface area contributed by atoms with Crippen LogP contribution in [0.25, 0.3) is 0 Å². The van der Waals surface area contributed by atoms with Crippen molar-refractivity contribution in [2.24, 2.45) is 12.9 Å². The molecule has 5 nitrogen and oxygen atoms in total. The van der Waals surface area contributed by atoms with E-state index >= 15 is 0 Å². The van der Waals surface area contributed by atoms with Gasteiger partial charge in [-0.05, 0) is 49.3 Å². The lowest BCUT2D eigenvalue weighted by Gasteiger charge is -2.43. The molecular formula is C15H30BrN5. The van der Waals surface area contributed by atoms with Crippen LogP contribution in [-0.2, 0) is 19.9 Å². The molecule has 1 rings (SSSR count). The summed E-state index contributed by atoms with van der Waals surface area (Å²) in [5.74, 6) is 5.87. The zero-order chi connectivity index (χ0) is 16.2. The number of rotatable bonds is 8. The molecule has 1 heterocycles. The maximum absolute atomic E-state index is 5.87. The molecule has 6 heteroatoms. The van der Waals surface area contributed by atoms with Crippen LogP contribution in [-0.4, -0.2) is 39.4 Å². The molecule has 122 valence electrons. The van der Waals surface area contributed by atoms with Gasteiger partial charge in [-0.25, -0.2) is 0 Å². The van der Waals surface area contributed by atoms with Crippen molar-refractivity contribution in [3.63, 3.8) is 0 Å². The highest BCUT2D eigenvalue weighted by atomic mass is 79.9. The first-order valence-electron chi connectivity index (χ1n) is 7.74. The van der Waals surface area contributed by atoms with Gasteiger partial charge in [0.15, 0.2) is 0 Å². The van der Waals surface area contributed by atoms with E-state index in [1.54, 1.807) is 0 Å². The van der Waals surface area contributed by atoms with E-state index in [1.807, 2.05) is 11.7 Å². The monoisotopic (exact) mass is 359 g/mol. The lowest BCUT2D eigenvalue weighted by atomic mass is 9.89. The van der Waals surface area contributed by atoms with Crippen LogP contribution in [0.1, 0.15) is 46.0 Å². The van der Waals surface area contributed by atoms with Crippen molar-refractivity contribution in [3.8, 4) is 0 Å². The Morgan fingerprint density at radius 2 is 1.90 bits per heavy atom. The van der Waals surface area contributed by atoms with E-state index in [0.29, 0.717) is 0 Å². The van der Waals surface area contributed by atoms with Gasteiger partial charge in [-0.3, -0.25) is 20.9 Å². The Morgan fingerprint density at radius 1 is 1.33 bits per heavy atom. The summed E-state index contributed by atoms with van der Waals surface area (Å²) in [7, 11) is 2.00. The summed E-state index contributed by atoms with van der Waals surface area (Å²) in [5, 5.41) is 4.57. The third-order valence-corrected chi connectivity index (χ3v) is 5.45. The SMILES string of the molecule is CCc1nn(C)c(CC(NN)C(C)(C)N(CC)CC)c1Br. The van der Waals surface area contributed by atoms with E-state index in [4.69, 9.17) is 5.84 Å². The largest absolute Gasteiger partial charge is 0.297 e. The maximum atomic E-state index is 5.87. The van der Waals surface area contributed by atoms with Crippen molar-refractivity contribution in [1.82, 2.24) is 20.1 Å². The fourth-order valence-electron chi connectivity index (χ4n) is 3.01. The summed E-state index contributed by atoms with van der Waals surface area (Å²) in [4.78, 5) is 2.43. The smallest absolute Gasteiger partial charge is 0.0766 e. The molecule has 3 N–H and O–H groups in total. The average Bonchev–Trinajstić information content (AvgIpc) is 2.71. The molecule has 0 fully saturated rings. The number of halogens is 1. The van der Waals surface area contributed by atoms with Crippen LogP contribution in [0.5, 0.6) is 0 Å². The van der Waals surface area contributed by atoms with Crippen molar-refractivity contribution in [1.29, 1.82) is 0 Å². The Hall–Kier alpha value is -0.430. The van der Waals surface area contributed by atoms with Crippen molar-refractivity contribution in [3.05, 3.63) is 15.9 Å². The van der Waals surface area contributed by atoms with E-state index in [1.165, 1.54) is 5.69 Å². The summed E-state index contributed by atoms with van der Waals surface area (Å²) in [6, 6.07) is 0.147. The molecule has 0 saturated carbocycles. The van der Waals surface area contributed by atoms with Crippen molar-refractivity contribution < 1.29 is 0 Å². The number of aryl methyl sites for hydroxylation is 2. The van der Waals surface area contributed by atoms with Crippen LogP contribution in [0.4, 0.5) is 0 Å². The average molecular weight is 360 g/mol. The van der Waals surface area contributed by atoms with E-state index in [-0.39, 0.29) is 11.6 Å². The Labute approximate surface area is 137 Å². The fraction of sp³-hybridized carbons (Fsp3) is 0.800. The van der Waals surface area contributed by atoms with Crippen LogP contribution in [0.15, 0.2) is 4.47 Å². The van der Waals surface area contributed by atoms with Gasteiger partial charge < -0.3 is 0 Å². The molecule has 0 radical (unpaired) electrons. The number of hydrazine groups is 1. The van der Waals surface area contributed by atoms with Crippen LogP contribution in [0, 0.1) is 0 Å². The second-order valence-corrected chi connectivity index (χ2v) is 6.73. The topological polar surface area (TPSA) is 59.1 Å². The normalized spacial score (nSPS) is 14.0. The number of hydrogen-bond donors (Lipinski definition) is 2. The van der Waals surface area contributed by atoms with Gasteiger partial charge in [0.05, 0.1) is 15.9 Å². The molecule has 0 aromatic carbocycles. The zero-order valence-electron chi connectivity index (χ0n) is 14.2. The molecule has 21 heavy (non-hydrogen) atoms. The highest BCUT2D eigenvalue weighted by molar-refractivity contribution is 9.10. The number of aromatic nitrogens is 2. The van der Waals surface area contributed by atoms with Gasteiger partial charge in [0.1, 0.15) is 0 Å². The van der Waals surface area contributed by atoms with Crippen LogP contribution in [0.3, 0.4) is 0 Å². The Morgan fingerprint density at radius 3 is 2.29 bits per heavy atom. The molecular weight excluding hydrogens is 330 g/mol. The second kappa shape index (κ2) is 7.72. The Bertz CT molecular complexity index is 451. The van der Waals surface area contributed by atoms with Gasteiger partial charge >= 0.3 is 0 Å². The zero-order valence-corrected chi connectivity index (χ0v) is 15.8. The number of nitrogens with zero attached hydrogens (tertiary/aromatic N) is 3. The van der Waals surface area contributed by atoms with Gasteiger partial charge in [-0.2, -0.15) is 5.10 Å². The summed E-state index contributed by atoms with van der Waals surface area (Å²) in [6.07, 6.45) is 1.76. The minimum Gasteiger partial charge on any atom is -0.297 e. The van der Waals surface area contributed by atoms with Gasteiger partial charge in [0, 0.05) is 25.0 Å². The first kappa shape index (κ1) is 18.6. The van der Waals surface area contributed by atoms with Crippen molar-refractivity contribution in [2.45, 2.75) is 59.0 Å². The summed E-state index contributed by atoms with van der Waals surface area (Å²) >= 11 is 3.69. The lowest BCUT2D eigenvalue weighted by molar-refractivity contribution is 0.0904. The van der Waals surface area contributed by atoms with Crippen molar-refractivity contribution in [2.75, 3.05) is 13.1 Å². The van der Waals surface area contributed by atoms with Crippen LogP contribution in [0.2, 0.25) is 0 Å². The van der Waals surface area contributed by atoms with Gasteiger partial charge in [0.25, 0.3) is 0 Å². The Kier molecular flexibility index (Phi) is 6.84. The molecule has 1 aromatic heterocycles. The lowest BCUT2D eigenvalue weighted by Crippen LogP contribution is -2.60. The minimum atomic E-state index is -0.0334. The summed E-state index contributed by atoms with van der Waals surface area (Å²) in [5.41, 5.74) is 5.28. The molecule has 1 unspecified atom stereocenters. The van der Waals surface area contributed by atoms with E-state index in [0.717, 1.165) is 36.1 Å². The van der Waals surface area contributed by atoms with Crippen LogP contribution < -0.4 is 11.3 Å². The standard InChI is InChI=1S/C15H30BrN5/c1-7-11-14(16)12(20(6)19-11)10-13(18-17)15(4,5)21(8-2)9-3/h13,18H,7-10,17H2,1-6H3. The minimum absolute atomic E-state index is 0.0334. The summed E-state index contributed by atoms with van der Waals surface area (Å²) < 4.78 is 3.08. The molecule has 0 aliphatic heterocycles. The molecule has 0 saturated heterocycles. The number of nitrogens with one attached hydrogen (secondary N) is 1. The fourth-order valence-corrected chi connectivity index (χ4v) is 3.78. The van der Waals surface area contributed by atoms with Crippen LogP contribution >= 0.6 is 15.9 Å². The molecule has 1 atom stereocenters. The van der Waals surface area contributed by atoms with E-state index < -0.39 is 0 Å². The van der Waals surface area contributed by atoms with Gasteiger partial charge in [-0.1, -0.05) is 20.8 Å². The Balaban J connectivity index is 3.05. The number of hydrogen-bond acceptors (Lipinski definition) is 4. The molecule has 0 bridgehead atoms. The van der Waals surface area contributed by atoms with E-state index in [9.17, 15) is 0 Å². The summed E-state index contributed by atoms with van der Waals surface area (Å²) in [6.45, 7) is 13.0. The molecule has 0 spiro atoms. The van der Waals surface area contributed by atoms with Crippen molar-refractivity contribution >= 4 is 15.9 Å². The number of likely N-dealkylation sites (N-methyl/N-ethyl adjacent to an activating group) is 1. The van der Waals surface area contributed by atoms with Gasteiger partial charge in [-0.15, -0.1) is 0 Å². The predicted octanol–water partition coefficient (Wildman–Crippen LogP) is 2.24. The van der Waals surface area contributed by atoms with Gasteiger partial charge in [0.2, 0.25) is 0 Å². The van der Waals surface area contributed by atoms with E-state index in [2.05, 4.69) is 66.0 Å². The molecule has 1 aromatic rings. The third-order valence-electron chi connectivity index (χ3n) is 4.53.